The Balaban J connectivity index is 2.58. The Labute approximate surface area is 127 Å². The summed E-state index contributed by atoms with van der Waals surface area (Å²) < 4.78 is 53.0. The molecule has 21 heavy (non-hydrogen) atoms. The van der Waals surface area contributed by atoms with Crippen molar-refractivity contribution in [3.63, 3.8) is 0 Å². The molecule has 1 atom stereocenters. The number of hydrogen-bond donors (Lipinski definition) is 1. The summed E-state index contributed by atoms with van der Waals surface area (Å²) in [5.41, 5.74) is 6.02. The Hall–Kier alpha value is -1.40. The lowest BCUT2D eigenvalue weighted by Gasteiger charge is -2.20. The lowest BCUT2D eigenvalue weighted by molar-refractivity contribution is -0.138. The Morgan fingerprint density at radius 2 is 1.71 bits per heavy atom. The standard InChI is InChI=1S/C15H12BrF4N/c1-8-2-4-10(17)7-12(8)14(21)11-5-3-9(16)6-13(11)15(18,19)20/h2-7,14H,21H2,1H3. The second-order valence-electron chi connectivity index (χ2n) is 4.71. The molecular formula is C15H12BrF4N. The molecule has 0 heterocycles. The smallest absolute Gasteiger partial charge is 0.320 e. The molecule has 0 aliphatic rings. The minimum atomic E-state index is -4.53. The molecule has 0 aromatic heterocycles. The molecule has 0 amide bonds. The van der Waals surface area contributed by atoms with E-state index in [0.717, 1.165) is 6.07 Å². The van der Waals surface area contributed by atoms with Crippen molar-refractivity contribution in [3.8, 4) is 0 Å². The van der Waals surface area contributed by atoms with Gasteiger partial charge in [0.1, 0.15) is 5.82 Å². The fourth-order valence-corrected chi connectivity index (χ4v) is 2.52. The molecule has 2 rings (SSSR count). The third kappa shape index (κ3) is 3.44. The van der Waals surface area contributed by atoms with Gasteiger partial charge in [0.15, 0.2) is 0 Å². The van der Waals surface area contributed by atoms with Gasteiger partial charge in [0, 0.05) is 4.47 Å². The summed E-state index contributed by atoms with van der Waals surface area (Å²) in [5.74, 6) is -0.531. The topological polar surface area (TPSA) is 26.0 Å². The number of benzene rings is 2. The van der Waals surface area contributed by atoms with Crippen LogP contribution in [0.3, 0.4) is 0 Å². The summed E-state index contributed by atoms with van der Waals surface area (Å²) in [6, 6.07) is 6.63. The molecule has 0 spiro atoms. The van der Waals surface area contributed by atoms with E-state index in [4.69, 9.17) is 5.73 Å². The predicted molar refractivity (Wildman–Crippen MR) is 76.3 cm³/mol. The second kappa shape index (κ2) is 5.77. The SMILES string of the molecule is Cc1ccc(F)cc1C(N)c1ccc(Br)cc1C(F)(F)F. The van der Waals surface area contributed by atoms with Crippen LogP contribution in [0.5, 0.6) is 0 Å². The molecule has 0 fully saturated rings. The van der Waals surface area contributed by atoms with E-state index in [-0.39, 0.29) is 5.56 Å². The van der Waals surface area contributed by atoms with Crippen LogP contribution in [0.25, 0.3) is 0 Å². The zero-order chi connectivity index (χ0) is 15.8. The first-order valence-electron chi connectivity index (χ1n) is 6.08. The second-order valence-corrected chi connectivity index (χ2v) is 5.62. The highest BCUT2D eigenvalue weighted by Gasteiger charge is 2.35. The van der Waals surface area contributed by atoms with E-state index < -0.39 is 23.6 Å². The summed E-state index contributed by atoms with van der Waals surface area (Å²) in [7, 11) is 0. The third-order valence-corrected chi connectivity index (χ3v) is 3.73. The van der Waals surface area contributed by atoms with Gasteiger partial charge in [-0.15, -0.1) is 0 Å². The summed E-state index contributed by atoms with van der Waals surface area (Å²) in [4.78, 5) is 0. The Morgan fingerprint density at radius 3 is 2.33 bits per heavy atom. The lowest BCUT2D eigenvalue weighted by Crippen LogP contribution is -2.19. The van der Waals surface area contributed by atoms with Gasteiger partial charge in [-0.3, -0.25) is 0 Å². The van der Waals surface area contributed by atoms with Crippen LogP contribution in [0, 0.1) is 12.7 Å². The van der Waals surface area contributed by atoms with Crippen LogP contribution in [0.15, 0.2) is 40.9 Å². The summed E-state index contributed by atoms with van der Waals surface area (Å²) in [6.07, 6.45) is -4.53. The van der Waals surface area contributed by atoms with Gasteiger partial charge in [0.05, 0.1) is 11.6 Å². The van der Waals surface area contributed by atoms with E-state index in [1.54, 1.807) is 6.92 Å². The van der Waals surface area contributed by atoms with Crippen LogP contribution >= 0.6 is 15.9 Å². The fourth-order valence-electron chi connectivity index (χ4n) is 2.16. The van der Waals surface area contributed by atoms with Gasteiger partial charge in [-0.25, -0.2) is 4.39 Å². The fraction of sp³-hybridized carbons (Fsp3) is 0.200. The van der Waals surface area contributed by atoms with Crippen molar-refractivity contribution < 1.29 is 17.6 Å². The average molecular weight is 362 g/mol. The number of halogens is 5. The van der Waals surface area contributed by atoms with Crippen molar-refractivity contribution in [3.05, 3.63) is 68.9 Å². The molecule has 2 N–H and O–H groups in total. The molecule has 112 valence electrons. The number of hydrogen-bond acceptors (Lipinski definition) is 1. The summed E-state index contributed by atoms with van der Waals surface area (Å²) in [5, 5.41) is 0. The summed E-state index contributed by atoms with van der Waals surface area (Å²) >= 11 is 3.02. The molecule has 2 aromatic carbocycles. The van der Waals surface area contributed by atoms with Crippen molar-refractivity contribution in [1.82, 2.24) is 0 Å². The minimum absolute atomic E-state index is 0.0839. The number of aryl methyl sites for hydroxylation is 1. The quantitative estimate of drug-likeness (QED) is 0.751. The largest absolute Gasteiger partial charge is 0.416 e. The first kappa shape index (κ1) is 16.0. The zero-order valence-corrected chi connectivity index (χ0v) is 12.6. The molecule has 0 saturated heterocycles. The van der Waals surface area contributed by atoms with E-state index in [0.29, 0.717) is 15.6 Å². The van der Waals surface area contributed by atoms with Gasteiger partial charge in [0.2, 0.25) is 0 Å². The van der Waals surface area contributed by atoms with Crippen LogP contribution in [0.2, 0.25) is 0 Å². The van der Waals surface area contributed by atoms with Gasteiger partial charge in [-0.2, -0.15) is 13.2 Å². The van der Waals surface area contributed by atoms with E-state index in [9.17, 15) is 17.6 Å². The third-order valence-electron chi connectivity index (χ3n) is 3.23. The van der Waals surface area contributed by atoms with Crippen LogP contribution in [-0.4, -0.2) is 0 Å². The predicted octanol–water partition coefficient (Wildman–Crippen LogP) is 4.96. The Bertz CT molecular complexity index is 667. The van der Waals surface area contributed by atoms with Crippen LogP contribution in [0.4, 0.5) is 17.6 Å². The van der Waals surface area contributed by atoms with Crippen LogP contribution in [-0.2, 0) is 6.18 Å². The van der Waals surface area contributed by atoms with Crippen molar-refractivity contribution in [2.75, 3.05) is 0 Å². The van der Waals surface area contributed by atoms with Gasteiger partial charge in [0.25, 0.3) is 0 Å². The van der Waals surface area contributed by atoms with Gasteiger partial charge in [-0.05, 0) is 47.9 Å². The first-order chi connectivity index (χ1) is 9.70. The van der Waals surface area contributed by atoms with Gasteiger partial charge in [-0.1, -0.05) is 28.1 Å². The highest BCUT2D eigenvalue weighted by atomic mass is 79.9. The number of nitrogens with two attached hydrogens (primary N) is 1. The molecule has 1 nitrogen and oxygen atoms in total. The molecule has 2 aromatic rings. The van der Waals surface area contributed by atoms with Crippen LogP contribution < -0.4 is 5.73 Å². The number of rotatable bonds is 2. The lowest BCUT2D eigenvalue weighted by atomic mass is 9.92. The maximum Gasteiger partial charge on any atom is 0.416 e. The van der Waals surface area contributed by atoms with Crippen molar-refractivity contribution in [1.29, 1.82) is 0 Å². The molecular weight excluding hydrogens is 350 g/mol. The first-order valence-corrected chi connectivity index (χ1v) is 6.87. The average Bonchev–Trinajstić information content (AvgIpc) is 2.40. The van der Waals surface area contributed by atoms with E-state index in [1.807, 2.05) is 0 Å². The van der Waals surface area contributed by atoms with E-state index in [1.165, 1.54) is 30.3 Å². The highest BCUT2D eigenvalue weighted by molar-refractivity contribution is 9.10. The van der Waals surface area contributed by atoms with Gasteiger partial charge >= 0.3 is 6.18 Å². The van der Waals surface area contributed by atoms with E-state index >= 15 is 0 Å². The van der Waals surface area contributed by atoms with Crippen molar-refractivity contribution in [2.45, 2.75) is 19.1 Å². The molecule has 0 saturated carbocycles. The van der Waals surface area contributed by atoms with Gasteiger partial charge < -0.3 is 5.73 Å². The molecule has 1 unspecified atom stereocenters. The zero-order valence-electron chi connectivity index (χ0n) is 11.0. The molecule has 0 radical (unpaired) electrons. The molecule has 0 bridgehead atoms. The molecule has 0 aliphatic carbocycles. The normalized spacial score (nSPS) is 13.3. The Kier molecular flexibility index (Phi) is 4.39. The molecule has 0 aliphatic heterocycles. The van der Waals surface area contributed by atoms with Crippen molar-refractivity contribution >= 4 is 15.9 Å². The van der Waals surface area contributed by atoms with Crippen molar-refractivity contribution in [2.24, 2.45) is 5.73 Å². The van der Waals surface area contributed by atoms with Crippen LogP contribution in [0.1, 0.15) is 28.3 Å². The maximum absolute atomic E-state index is 13.3. The minimum Gasteiger partial charge on any atom is -0.320 e. The molecule has 6 heteroatoms. The Morgan fingerprint density at radius 1 is 1.05 bits per heavy atom. The number of alkyl halides is 3. The highest BCUT2D eigenvalue weighted by Crippen LogP contribution is 2.37. The monoisotopic (exact) mass is 361 g/mol. The maximum atomic E-state index is 13.3. The summed E-state index contributed by atoms with van der Waals surface area (Å²) in [6.45, 7) is 1.68. The van der Waals surface area contributed by atoms with E-state index in [2.05, 4.69) is 15.9 Å².